The van der Waals surface area contributed by atoms with Crippen LogP contribution < -0.4 is 4.74 Å². The van der Waals surface area contributed by atoms with Gasteiger partial charge in [0.25, 0.3) is 0 Å². The van der Waals surface area contributed by atoms with Crippen molar-refractivity contribution >= 4 is 21.6 Å². The second-order valence-electron chi connectivity index (χ2n) is 6.27. The van der Waals surface area contributed by atoms with E-state index in [1.54, 1.807) is 28.7 Å². The van der Waals surface area contributed by atoms with Crippen molar-refractivity contribution in [3.63, 3.8) is 0 Å². The molecule has 0 saturated carbocycles. The lowest BCUT2D eigenvalue weighted by Crippen LogP contribution is -1.96. The van der Waals surface area contributed by atoms with Crippen molar-refractivity contribution in [1.82, 2.24) is 30.2 Å². The van der Waals surface area contributed by atoms with E-state index in [0.29, 0.717) is 5.88 Å². The molecule has 7 nitrogen and oxygen atoms in total. The molecule has 1 aliphatic carbocycles. The van der Waals surface area contributed by atoms with E-state index in [1.165, 1.54) is 29.7 Å². The van der Waals surface area contributed by atoms with Gasteiger partial charge < -0.3 is 4.74 Å². The van der Waals surface area contributed by atoms with Crippen molar-refractivity contribution in [2.75, 3.05) is 0 Å². The maximum atomic E-state index is 6.12. The highest BCUT2D eigenvalue weighted by Gasteiger charge is 2.20. The van der Waals surface area contributed by atoms with Crippen LogP contribution in [0.4, 0.5) is 0 Å². The number of aryl methyl sites for hydroxylation is 2. The quantitative estimate of drug-likeness (QED) is 0.516. The smallest absolute Gasteiger partial charge is 0.231 e. The van der Waals surface area contributed by atoms with Gasteiger partial charge in [-0.3, -0.25) is 0 Å². The summed E-state index contributed by atoms with van der Waals surface area (Å²) in [5.41, 5.74) is 2.25. The van der Waals surface area contributed by atoms with Crippen LogP contribution >= 0.6 is 11.3 Å². The first-order valence-corrected chi connectivity index (χ1v) is 9.47. The molecule has 3 heterocycles. The van der Waals surface area contributed by atoms with Gasteiger partial charge in [0, 0.05) is 4.88 Å². The van der Waals surface area contributed by atoms with Crippen molar-refractivity contribution in [3.05, 3.63) is 47.4 Å². The van der Waals surface area contributed by atoms with Crippen molar-refractivity contribution in [2.24, 2.45) is 0 Å². The van der Waals surface area contributed by atoms with E-state index in [2.05, 4.69) is 25.5 Å². The van der Waals surface area contributed by atoms with E-state index in [-0.39, 0.29) is 0 Å². The Morgan fingerprint density at radius 1 is 1.00 bits per heavy atom. The molecule has 26 heavy (non-hydrogen) atoms. The van der Waals surface area contributed by atoms with Gasteiger partial charge in [-0.2, -0.15) is 0 Å². The van der Waals surface area contributed by atoms with Gasteiger partial charge in [-0.1, -0.05) is 6.42 Å². The molecule has 0 spiro atoms. The molecular formula is C18H16N6OS. The molecule has 0 unspecified atom stereocenters. The summed E-state index contributed by atoms with van der Waals surface area (Å²) in [4.78, 5) is 11.4. The molecule has 1 aliphatic rings. The predicted octanol–water partition coefficient (Wildman–Crippen LogP) is 3.73. The van der Waals surface area contributed by atoms with Crippen LogP contribution in [0.5, 0.6) is 11.6 Å². The number of fused-ring (bicyclic) bond motifs is 3. The molecule has 0 saturated heterocycles. The molecule has 5 rings (SSSR count). The number of benzene rings is 1. The molecule has 0 N–H and O–H groups in total. The average molecular weight is 364 g/mol. The number of hydrogen-bond acceptors (Lipinski definition) is 7. The Bertz CT molecular complexity index is 1040. The Hall–Kier alpha value is -2.87. The number of tetrazole rings is 1. The van der Waals surface area contributed by atoms with E-state index in [9.17, 15) is 0 Å². The zero-order valence-corrected chi connectivity index (χ0v) is 14.8. The zero-order chi connectivity index (χ0) is 17.3. The second-order valence-corrected chi connectivity index (χ2v) is 7.36. The largest absolute Gasteiger partial charge is 0.438 e. The minimum atomic E-state index is 0.643. The summed E-state index contributed by atoms with van der Waals surface area (Å²) < 4.78 is 7.73. The summed E-state index contributed by atoms with van der Waals surface area (Å²) in [5.74, 6) is 1.37. The first-order valence-electron chi connectivity index (χ1n) is 8.65. The fraction of sp³-hybridized carbons (Fsp3) is 0.278. The second kappa shape index (κ2) is 6.45. The summed E-state index contributed by atoms with van der Waals surface area (Å²) in [7, 11) is 0. The Labute approximate surface area is 153 Å². The van der Waals surface area contributed by atoms with Crippen LogP contribution in [0.15, 0.2) is 36.9 Å². The van der Waals surface area contributed by atoms with Gasteiger partial charge in [0.15, 0.2) is 0 Å². The highest BCUT2D eigenvalue weighted by molar-refractivity contribution is 7.18. The van der Waals surface area contributed by atoms with Gasteiger partial charge >= 0.3 is 0 Å². The van der Waals surface area contributed by atoms with E-state index in [4.69, 9.17) is 4.74 Å². The molecule has 0 atom stereocenters. The number of ether oxygens (including phenoxy) is 1. The average Bonchev–Trinajstić information content (AvgIpc) is 3.26. The third kappa shape index (κ3) is 2.72. The van der Waals surface area contributed by atoms with Crippen molar-refractivity contribution in [3.8, 4) is 17.3 Å². The third-order valence-corrected chi connectivity index (χ3v) is 5.83. The van der Waals surface area contributed by atoms with Crippen LogP contribution in [0.1, 0.15) is 29.7 Å². The van der Waals surface area contributed by atoms with Gasteiger partial charge in [0.1, 0.15) is 23.2 Å². The molecular weight excluding hydrogens is 348 g/mol. The monoisotopic (exact) mass is 364 g/mol. The molecule has 130 valence electrons. The standard InChI is InChI=1S/C18H16N6OS/c1-2-4-14-15(5-3-1)26-18-16(14)17(19-10-20-18)25-13-8-6-12(7-9-13)24-11-21-22-23-24/h6-11H,1-5H2. The van der Waals surface area contributed by atoms with Crippen LogP contribution in [0, 0.1) is 0 Å². The molecule has 0 fully saturated rings. The van der Waals surface area contributed by atoms with Crippen LogP contribution in [0.25, 0.3) is 15.9 Å². The minimum absolute atomic E-state index is 0.643. The lowest BCUT2D eigenvalue weighted by molar-refractivity contribution is 0.468. The molecule has 1 aromatic carbocycles. The topological polar surface area (TPSA) is 78.6 Å². The lowest BCUT2D eigenvalue weighted by Gasteiger charge is -2.08. The number of nitrogens with zero attached hydrogens (tertiary/aromatic N) is 6. The van der Waals surface area contributed by atoms with E-state index >= 15 is 0 Å². The molecule has 8 heteroatoms. The van der Waals surface area contributed by atoms with Gasteiger partial charge in [-0.05, 0) is 65.9 Å². The van der Waals surface area contributed by atoms with Crippen LogP contribution in [0.2, 0.25) is 0 Å². The Morgan fingerprint density at radius 3 is 2.73 bits per heavy atom. The molecule has 3 aromatic heterocycles. The molecule has 0 aliphatic heterocycles. The van der Waals surface area contributed by atoms with Crippen LogP contribution in [-0.4, -0.2) is 30.2 Å². The maximum absolute atomic E-state index is 6.12. The SMILES string of the molecule is c1nc(Oc2ccc(-n3cnnn3)cc2)c2c3c(sc2n1)CCCCC3. The van der Waals surface area contributed by atoms with Gasteiger partial charge in [0.2, 0.25) is 5.88 Å². The summed E-state index contributed by atoms with van der Waals surface area (Å²) in [6, 6.07) is 7.63. The Kier molecular flexibility index (Phi) is 3.82. The van der Waals surface area contributed by atoms with Crippen LogP contribution in [0.3, 0.4) is 0 Å². The number of aromatic nitrogens is 6. The summed E-state index contributed by atoms with van der Waals surface area (Å²) >= 11 is 1.78. The van der Waals surface area contributed by atoms with Crippen molar-refractivity contribution in [1.29, 1.82) is 0 Å². The van der Waals surface area contributed by atoms with E-state index in [0.717, 1.165) is 34.5 Å². The van der Waals surface area contributed by atoms with Crippen LogP contribution in [-0.2, 0) is 12.8 Å². The zero-order valence-electron chi connectivity index (χ0n) is 14.0. The van der Waals surface area contributed by atoms with Crippen molar-refractivity contribution in [2.45, 2.75) is 32.1 Å². The highest BCUT2D eigenvalue weighted by atomic mass is 32.1. The number of rotatable bonds is 3. The Morgan fingerprint density at radius 2 is 1.88 bits per heavy atom. The van der Waals surface area contributed by atoms with Gasteiger partial charge in [0.05, 0.1) is 11.1 Å². The number of hydrogen-bond donors (Lipinski definition) is 0. The molecule has 0 radical (unpaired) electrons. The fourth-order valence-corrected chi connectivity index (χ4v) is 4.59. The fourth-order valence-electron chi connectivity index (χ4n) is 3.37. The number of thiophene rings is 1. The predicted molar refractivity (Wildman–Crippen MR) is 97.9 cm³/mol. The highest BCUT2D eigenvalue weighted by Crippen LogP contribution is 2.39. The summed E-state index contributed by atoms with van der Waals surface area (Å²) in [5, 5.41) is 12.3. The first kappa shape index (κ1) is 15.4. The molecule has 0 amide bonds. The Balaban J connectivity index is 1.50. The lowest BCUT2D eigenvalue weighted by atomic mass is 10.1. The van der Waals surface area contributed by atoms with Gasteiger partial charge in [-0.25, -0.2) is 14.6 Å². The van der Waals surface area contributed by atoms with E-state index < -0.39 is 0 Å². The molecule has 0 bridgehead atoms. The first-order chi connectivity index (χ1) is 12.9. The summed E-state index contributed by atoms with van der Waals surface area (Å²) in [6.07, 6.45) is 9.11. The minimum Gasteiger partial charge on any atom is -0.438 e. The maximum Gasteiger partial charge on any atom is 0.231 e. The third-order valence-electron chi connectivity index (χ3n) is 4.63. The summed E-state index contributed by atoms with van der Waals surface area (Å²) in [6.45, 7) is 0. The van der Waals surface area contributed by atoms with Crippen molar-refractivity contribution < 1.29 is 4.74 Å². The van der Waals surface area contributed by atoms with Gasteiger partial charge in [-0.15, -0.1) is 16.4 Å². The normalized spacial score (nSPS) is 14.2. The van der Waals surface area contributed by atoms with E-state index in [1.807, 2.05) is 24.3 Å². The molecule has 4 aromatic rings.